The molecular weight excluding hydrogens is 328 g/mol. The van der Waals surface area contributed by atoms with Crippen molar-refractivity contribution in [2.24, 2.45) is 11.8 Å². The molecule has 0 radical (unpaired) electrons. The summed E-state index contributed by atoms with van der Waals surface area (Å²) in [6, 6.07) is 8.22. The number of H-pyrrole nitrogens is 1. The van der Waals surface area contributed by atoms with Crippen LogP contribution in [0.1, 0.15) is 43.7 Å². The Morgan fingerprint density at radius 3 is 2.65 bits per heavy atom. The van der Waals surface area contributed by atoms with Gasteiger partial charge in [-0.05, 0) is 73.1 Å². The Balaban J connectivity index is 1.65. The lowest BCUT2D eigenvalue weighted by molar-refractivity contribution is 0.211. The van der Waals surface area contributed by atoms with Crippen molar-refractivity contribution in [1.29, 1.82) is 0 Å². The Morgan fingerprint density at radius 2 is 1.92 bits per heavy atom. The van der Waals surface area contributed by atoms with Gasteiger partial charge in [-0.2, -0.15) is 0 Å². The van der Waals surface area contributed by atoms with E-state index in [0.717, 1.165) is 41.2 Å². The van der Waals surface area contributed by atoms with E-state index in [0.29, 0.717) is 11.1 Å². The molecule has 1 aliphatic carbocycles. The van der Waals surface area contributed by atoms with Crippen molar-refractivity contribution < 1.29 is 8.78 Å². The Labute approximate surface area is 153 Å². The molecule has 1 N–H and O–H groups in total. The molecule has 1 unspecified atom stereocenters. The van der Waals surface area contributed by atoms with Gasteiger partial charge in [0.1, 0.15) is 11.6 Å². The van der Waals surface area contributed by atoms with Gasteiger partial charge in [0, 0.05) is 28.2 Å². The van der Waals surface area contributed by atoms with E-state index < -0.39 is 0 Å². The Hall–Kier alpha value is -2.16. The molecule has 1 aliphatic rings. The molecule has 4 rings (SSSR count). The molecule has 0 spiro atoms. The fraction of sp³-hybridized carbons (Fsp3) is 0.391. The number of benzene rings is 2. The number of nitrogens with one attached hydrogen (secondary N) is 1. The van der Waals surface area contributed by atoms with Crippen LogP contribution in [0.3, 0.4) is 0 Å². The molecular formula is C23H25F2N. The summed E-state index contributed by atoms with van der Waals surface area (Å²) in [4.78, 5) is 3.06. The van der Waals surface area contributed by atoms with Gasteiger partial charge in [-0.3, -0.25) is 0 Å². The van der Waals surface area contributed by atoms with Crippen LogP contribution in [0.25, 0.3) is 22.0 Å². The number of hydrogen-bond acceptors (Lipinski definition) is 0. The summed E-state index contributed by atoms with van der Waals surface area (Å²) in [5.41, 5.74) is 4.31. The molecule has 3 heteroatoms. The molecule has 3 aromatic rings. The summed E-state index contributed by atoms with van der Waals surface area (Å²) in [5, 5.41) is 0.850. The zero-order chi connectivity index (χ0) is 18.3. The number of hydrogen-bond donors (Lipinski definition) is 1. The second-order valence-electron chi connectivity index (χ2n) is 7.86. The quantitative estimate of drug-likeness (QED) is 0.520. The normalized spacial score (nSPS) is 16.0. The van der Waals surface area contributed by atoms with Gasteiger partial charge in [-0.25, -0.2) is 8.78 Å². The molecule has 0 bridgehead atoms. The third-order valence-corrected chi connectivity index (χ3v) is 6.18. The molecule has 1 nitrogen and oxygen atoms in total. The van der Waals surface area contributed by atoms with Crippen molar-refractivity contribution >= 4 is 10.9 Å². The third kappa shape index (κ3) is 3.15. The molecule has 1 fully saturated rings. The highest BCUT2D eigenvalue weighted by atomic mass is 19.1. The Morgan fingerprint density at radius 1 is 1.12 bits per heavy atom. The second kappa shape index (κ2) is 6.86. The lowest BCUT2D eigenvalue weighted by Gasteiger charge is -2.31. The molecule has 136 valence electrons. The Bertz CT molecular complexity index is 937. The largest absolute Gasteiger partial charge is 0.360 e. The predicted octanol–water partition coefficient (Wildman–Crippen LogP) is 6.79. The molecule has 1 heterocycles. The molecule has 1 aromatic heterocycles. The van der Waals surface area contributed by atoms with Crippen LogP contribution in [0.5, 0.6) is 0 Å². The van der Waals surface area contributed by atoms with Crippen LogP contribution >= 0.6 is 0 Å². The van der Waals surface area contributed by atoms with Gasteiger partial charge < -0.3 is 4.98 Å². The highest BCUT2D eigenvalue weighted by molar-refractivity contribution is 5.95. The smallest absolute Gasteiger partial charge is 0.131 e. The van der Waals surface area contributed by atoms with Crippen molar-refractivity contribution in [1.82, 2.24) is 4.98 Å². The van der Waals surface area contributed by atoms with Gasteiger partial charge in [0.2, 0.25) is 0 Å². The third-order valence-electron chi connectivity index (χ3n) is 6.18. The van der Waals surface area contributed by atoms with Gasteiger partial charge in [-0.15, -0.1) is 0 Å². The Kier molecular flexibility index (Phi) is 4.56. The van der Waals surface area contributed by atoms with Crippen molar-refractivity contribution in [3.63, 3.8) is 0 Å². The van der Waals surface area contributed by atoms with Crippen molar-refractivity contribution in [3.05, 3.63) is 59.3 Å². The zero-order valence-corrected chi connectivity index (χ0v) is 15.4. The number of halogens is 2. The maximum atomic E-state index is 14.7. The average molecular weight is 353 g/mol. The summed E-state index contributed by atoms with van der Waals surface area (Å²) in [7, 11) is 0. The van der Waals surface area contributed by atoms with Crippen LogP contribution in [-0.4, -0.2) is 4.98 Å². The minimum atomic E-state index is -0.291. The topological polar surface area (TPSA) is 15.8 Å². The minimum Gasteiger partial charge on any atom is -0.360 e. The molecule has 26 heavy (non-hydrogen) atoms. The van der Waals surface area contributed by atoms with E-state index in [9.17, 15) is 8.78 Å². The number of aryl methyl sites for hydroxylation is 2. The van der Waals surface area contributed by atoms with Gasteiger partial charge in [0.05, 0.1) is 0 Å². The average Bonchev–Trinajstić information content (AvgIpc) is 2.95. The zero-order valence-electron chi connectivity index (χ0n) is 15.4. The fourth-order valence-corrected chi connectivity index (χ4v) is 4.14. The number of fused-ring (bicyclic) bond motifs is 1. The monoisotopic (exact) mass is 353 g/mol. The highest BCUT2D eigenvalue weighted by Crippen LogP contribution is 2.37. The number of rotatable bonds is 5. The first-order valence-corrected chi connectivity index (χ1v) is 9.59. The van der Waals surface area contributed by atoms with E-state index in [1.54, 1.807) is 18.3 Å². The van der Waals surface area contributed by atoms with E-state index in [-0.39, 0.29) is 11.6 Å². The van der Waals surface area contributed by atoms with E-state index in [1.165, 1.54) is 37.0 Å². The van der Waals surface area contributed by atoms with Crippen LogP contribution in [0, 0.1) is 30.4 Å². The van der Waals surface area contributed by atoms with Crippen molar-refractivity contribution in [2.75, 3.05) is 0 Å². The van der Waals surface area contributed by atoms with Crippen molar-refractivity contribution in [3.8, 4) is 11.1 Å². The van der Waals surface area contributed by atoms with Crippen LogP contribution in [-0.2, 0) is 6.42 Å². The van der Waals surface area contributed by atoms with Gasteiger partial charge in [0.15, 0.2) is 0 Å². The summed E-state index contributed by atoms with van der Waals surface area (Å²) in [5.74, 6) is 1.09. The van der Waals surface area contributed by atoms with Gasteiger partial charge in [-0.1, -0.05) is 26.2 Å². The van der Waals surface area contributed by atoms with Crippen molar-refractivity contribution in [2.45, 2.75) is 46.0 Å². The molecule has 0 amide bonds. The lowest BCUT2D eigenvalue weighted by atomic mass is 9.74. The number of aromatic amines is 1. The van der Waals surface area contributed by atoms with E-state index in [1.807, 2.05) is 13.0 Å². The number of aromatic nitrogens is 1. The fourth-order valence-electron chi connectivity index (χ4n) is 4.14. The molecule has 0 saturated heterocycles. The summed E-state index contributed by atoms with van der Waals surface area (Å²) in [6.45, 7) is 4.33. The molecule has 0 aliphatic heterocycles. The maximum absolute atomic E-state index is 14.7. The van der Waals surface area contributed by atoms with E-state index in [4.69, 9.17) is 0 Å². The van der Waals surface area contributed by atoms with Gasteiger partial charge in [0.25, 0.3) is 0 Å². The molecule has 2 aromatic carbocycles. The predicted molar refractivity (Wildman–Crippen MR) is 103 cm³/mol. The van der Waals surface area contributed by atoms with Crippen LogP contribution in [0.2, 0.25) is 0 Å². The second-order valence-corrected chi connectivity index (χ2v) is 7.86. The first kappa shape index (κ1) is 17.3. The minimum absolute atomic E-state index is 0.219. The SMILES string of the molecule is Cc1cc(F)c(-c2c[nH]c3cc(F)ccc23)cc1CCC(C)C1CCC1. The standard InChI is InChI=1S/C23H25F2N/c1-14(16-4-3-5-16)6-7-17-11-20(22(25)10-15(17)2)21-13-26-23-12-18(24)8-9-19(21)23/h8-14,16,26H,3-7H2,1-2H3. The van der Waals surface area contributed by atoms with E-state index in [2.05, 4.69) is 11.9 Å². The molecule has 1 saturated carbocycles. The van der Waals surface area contributed by atoms with Crippen LogP contribution in [0.15, 0.2) is 36.5 Å². The highest BCUT2D eigenvalue weighted by Gasteiger charge is 2.23. The summed E-state index contributed by atoms with van der Waals surface area (Å²) >= 11 is 0. The lowest BCUT2D eigenvalue weighted by Crippen LogP contribution is -2.20. The summed E-state index contributed by atoms with van der Waals surface area (Å²) in [6.07, 6.45) is 8.00. The van der Waals surface area contributed by atoms with Crippen LogP contribution < -0.4 is 0 Å². The van der Waals surface area contributed by atoms with Crippen LogP contribution in [0.4, 0.5) is 8.78 Å². The maximum Gasteiger partial charge on any atom is 0.131 e. The first-order chi connectivity index (χ1) is 12.5. The summed E-state index contributed by atoms with van der Waals surface area (Å²) < 4.78 is 28.1. The van der Waals surface area contributed by atoms with Gasteiger partial charge >= 0.3 is 0 Å². The van der Waals surface area contributed by atoms with E-state index >= 15 is 0 Å². The molecule has 1 atom stereocenters. The first-order valence-electron chi connectivity index (χ1n) is 9.59.